The molecule has 134 valence electrons. The molecule has 4 aliphatic rings. The van der Waals surface area contributed by atoms with Crippen LogP contribution in [0, 0.1) is 12.8 Å². The van der Waals surface area contributed by atoms with Crippen molar-refractivity contribution in [1.82, 2.24) is 4.90 Å². The molecule has 25 heavy (non-hydrogen) atoms. The van der Waals surface area contributed by atoms with Crippen molar-refractivity contribution in [2.45, 2.75) is 68.9 Å². The van der Waals surface area contributed by atoms with Gasteiger partial charge in [0.2, 0.25) is 0 Å². The molecule has 0 radical (unpaired) electrons. The highest BCUT2D eigenvalue weighted by atomic mass is 16.3. The van der Waals surface area contributed by atoms with Crippen molar-refractivity contribution >= 4 is 5.78 Å². The lowest BCUT2D eigenvalue weighted by molar-refractivity contribution is -0.173. The Kier molecular flexibility index (Phi) is 3.21. The minimum absolute atomic E-state index is 0.0737. The number of phenolic OH excluding ortho intramolecular Hbond substituents is 1. The van der Waals surface area contributed by atoms with Crippen molar-refractivity contribution in [3.63, 3.8) is 0 Å². The number of nitrogens with zero attached hydrogens (tertiary/aromatic N) is 1. The minimum atomic E-state index is -0.897. The van der Waals surface area contributed by atoms with Crippen LogP contribution in [0.25, 0.3) is 0 Å². The number of carbonyl (C=O) groups is 1. The van der Waals surface area contributed by atoms with Crippen LogP contribution in [-0.4, -0.2) is 45.6 Å². The molecule has 2 bridgehead atoms. The molecule has 2 saturated carbocycles. The molecule has 5 rings (SSSR count). The molecule has 1 aromatic rings. The molecule has 1 aromatic carbocycles. The third-order valence-electron chi connectivity index (χ3n) is 7.48. The third kappa shape index (κ3) is 2.04. The van der Waals surface area contributed by atoms with Crippen molar-refractivity contribution in [2.24, 2.45) is 5.92 Å². The molecular formula is C21H27NO3. The van der Waals surface area contributed by atoms with Gasteiger partial charge in [0, 0.05) is 36.4 Å². The number of phenols is 1. The summed E-state index contributed by atoms with van der Waals surface area (Å²) in [6, 6.07) is 4.16. The molecule has 2 N–H and O–H groups in total. The Bertz CT molecular complexity index is 756. The largest absolute Gasteiger partial charge is 0.507 e. The average Bonchev–Trinajstić information content (AvgIpc) is 3.38. The van der Waals surface area contributed by atoms with Gasteiger partial charge in [-0.1, -0.05) is 12.1 Å². The Balaban J connectivity index is 1.69. The molecule has 1 heterocycles. The molecule has 0 aromatic heterocycles. The van der Waals surface area contributed by atoms with E-state index in [2.05, 4.69) is 11.0 Å². The monoisotopic (exact) mass is 341 g/mol. The average molecular weight is 341 g/mol. The zero-order chi connectivity index (χ0) is 17.4. The van der Waals surface area contributed by atoms with Crippen molar-refractivity contribution in [1.29, 1.82) is 0 Å². The van der Waals surface area contributed by atoms with Gasteiger partial charge >= 0.3 is 0 Å². The highest BCUT2D eigenvalue weighted by Gasteiger charge is 2.65. The molecule has 0 spiro atoms. The minimum Gasteiger partial charge on any atom is -0.507 e. The molecule has 0 unspecified atom stereocenters. The van der Waals surface area contributed by atoms with Gasteiger partial charge in [-0.2, -0.15) is 0 Å². The first-order chi connectivity index (χ1) is 11.9. The van der Waals surface area contributed by atoms with Gasteiger partial charge in [0.15, 0.2) is 0 Å². The summed E-state index contributed by atoms with van der Waals surface area (Å²) < 4.78 is 0. The number of piperidine rings is 1. The van der Waals surface area contributed by atoms with Crippen LogP contribution in [0.15, 0.2) is 12.1 Å². The normalized spacial score (nSPS) is 37.5. The van der Waals surface area contributed by atoms with Gasteiger partial charge in [-0.25, -0.2) is 0 Å². The third-order valence-corrected chi connectivity index (χ3v) is 7.48. The maximum Gasteiger partial charge on any atom is 0.134 e. The Morgan fingerprint density at radius 2 is 2.08 bits per heavy atom. The van der Waals surface area contributed by atoms with Gasteiger partial charge in [0.1, 0.15) is 11.5 Å². The van der Waals surface area contributed by atoms with E-state index in [4.69, 9.17) is 0 Å². The topological polar surface area (TPSA) is 60.8 Å². The number of fused-ring (bicyclic) bond motifs is 1. The first-order valence-electron chi connectivity index (χ1n) is 9.75. The number of ketones is 1. The van der Waals surface area contributed by atoms with Gasteiger partial charge in [0.25, 0.3) is 0 Å². The number of benzene rings is 1. The van der Waals surface area contributed by atoms with E-state index in [1.807, 2.05) is 13.0 Å². The number of hydrogen-bond donors (Lipinski definition) is 2. The van der Waals surface area contributed by atoms with Crippen LogP contribution in [0.5, 0.6) is 5.75 Å². The predicted octanol–water partition coefficient (Wildman–Crippen LogP) is 2.46. The summed E-state index contributed by atoms with van der Waals surface area (Å²) in [5, 5.41) is 22.8. The van der Waals surface area contributed by atoms with Gasteiger partial charge in [0.05, 0.1) is 5.60 Å². The summed E-state index contributed by atoms with van der Waals surface area (Å²) in [6.07, 6.45) is 5.54. The van der Waals surface area contributed by atoms with Crippen LogP contribution in [-0.2, 0) is 16.6 Å². The van der Waals surface area contributed by atoms with Crippen molar-refractivity contribution in [3.05, 3.63) is 28.8 Å². The number of aryl methyl sites for hydroxylation is 1. The van der Waals surface area contributed by atoms with Gasteiger partial charge < -0.3 is 10.2 Å². The zero-order valence-electron chi connectivity index (χ0n) is 14.9. The van der Waals surface area contributed by atoms with E-state index in [9.17, 15) is 15.0 Å². The maximum atomic E-state index is 12.4. The Hall–Kier alpha value is -1.39. The number of aliphatic hydroxyl groups is 1. The summed E-state index contributed by atoms with van der Waals surface area (Å²) in [5.41, 5.74) is 1.36. The van der Waals surface area contributed by atoms with E-state index in [0.717, 1.165) is 48.5 Å². The summed E-state index contributed by atoms with van der Waals surface area (Å²) in [4.78, 5) is 14.9. The highest BCUT2D eigenvalue weighted by Crippen LogP contribution is 2.60. The second-order valence-corrected chi connectivity index (χ2v) is 8.90. The number of hydrogen-bond acceptors (Lipinski definition) is 4. The van der Waals surface area contributed by atoms with E-state index in [0.29, 0.717) is 25.0 Å². The fraction of sp³-hybridized carbons (Fsp3) is 0.667. The molecule has 3 aliphatic carbocycles. The number of Topliss-reactive ketones (excluding diaryl/α,β-unsaturated/α-hetero) is 1. The fourth-order valence-electron chi connectivity index (χ4n) is 5.96. The van der Waals surface area contributed by atoms with Crippen LogP contribution in [0.2, 0.25) is 0 Å². The molecule has 4 heteroatoms. The first-order valence-corrected chi connectivity index (χ1v) is 9.75. The van der Waals surface area contributed by atoms with Crippen molar-refractivity contribution < 1.29 is 15.0 Å². The quantitative estimate of drug-likeness (QED) is 0.867. The van der Waals surface area contributed by atoms with E-state index in [-0.39, 0.29) is 11.8 Å². The Morgan fingerprint density at radius 3 is 2.84 bits per heavy atom. The van der Waals surface area contributed by atoms with Crippen LogP contribution >= 0.6 is 0 Å². The zero-order valence-corrected chi connectivity index (χ0v) is 14.9. The van der Waals surface area contributed by atoms with Gasteiger partial charge in [-0.05, 0) is 62.6 Å². The summed E-state index contributed by atoms with van der Waals surface area (Å²) in [5.74, 6) is 1.32. The molecule has 1 saturated heterocycles. The molecule has 4 nitrogen and oxygen atoms in total. The van der Waals surface area contributed by atoms with E-state index < -0.39 is 11.0 Å². The van der Waals surface area contributed by atoms with E-state index >= 15 is 0 Å². The number of rotatable bonds is 2. The first kappa shape index (κ1) is 15.8. The maximum absolute atomic E-state index is 12.4. The fourth-order valence-corrected chi connectivity index (χ4v) is 5.96. The molecule has 3 fully saturated rings. The van der Waals surface area contributed by atoms with Crippen LogP contribution in [0.3, 0.4) is 0 Å². The van der Waals surface area contributed by atoms with Crippen molar-refractivity contribution in [2.75, 3.05) is 13.1 Å². The van der Waals surface area contributed by atoms with Crippen LogP contribution in [0.4, 0.5) is 0 Å². The molecule has 3 atom stereocenters. The lowest BCUT2D eigenvalue weighted by Crippen LogP contribution is -2.73. The number of aromatic hydroxyl groups is 1. The second kappa shape index (κ2) is 5.08. The number of carbonyl (C=O) groups excluding carboxylic acids is 1. The second-order valence-electron chi connectivity index (χ2n) is 8.90. The molecule has 0 amide bonds. The summed E-state index contributed by atoms with van der Waals surface area (Å²) in [7, 11) is 0. The van der Waals surface area contributed by atoms with Crippen molar-refractivity contribution in [3.8, 4) is 5.75 Å². The standard InChI is InChI=1S/C21H27NO3/c1-13-2-5-15-10-17-21(25)7-6-16(23)11-20(21,18(15)19(13)24)8-9-22(17)12-14-3-4-14/h2,5,14,17,24-25H,3-4,6-12H2,1H3/t17-,20-,21-/m1/s1. The summed E-state index contributed by atoms with van der Waals surface area (Å²) >= 11 is 0. The molecular weight excluding hydrogens is 314 g/mol. The summed E-state index contributed by atoms with van der Waals surface area (Å²) in [6.45, 7) is 3.90. The van der Waals surface area contributed by atoms with E-state index in [1.54, 1.807) is 0 Å². The highest BCUT2D eigenvalue weighted by molar-refractivity contribution is 5.83. The lowest BCUT2D eigenvalue weighted by atomic mass is 9.49. The Morgan fingerprint density at radius 1 is 1.28 bits per heavy atom. The lowest BCUT2D eigenvalue weighted by Gasteiger charge is -2.63. The van der Waals surface area contributed by atoms with Gasteiger partial charge in [-0.3, -0.25) is 9.69 Å². The van der Waals surface area contributed by atoms with Crippen LogP contribution < -0.4 is 0 Å². The smallest absolute Gasteiger partial charge is 0.134 e. The number of likely N-dealkylation sites (tertiary alicyclic amines) is 1. The molecule has 1 aliphatic heterocycles. The SMILES string of the molecule is Cc1ccc2c(c1O)[C@]13CCN(CC4CC4)[C@H](C2)[C@]1(O)CCC(=O)C3. The van der Waals surface area contributed by atoms with E-state index in [1.165, 1.54) is 12.8 Å². The predicted molar refractivity (Wildman–Crippen MR) is 94.7 cm³/mol. The van der Waals surface area contributed by atoms with Gasteiger partial charge in [-0.15, -0.1) is 0 Å². The van der Waals surface area contributed by atoms with Crippen LogP contribution in [0.1, 0.15) is 55.2 Å². The Labute approximate surface area is 148 Å².